The topological polar surface area (TPSA) is 109 Å². The first kappa shape index (κ1) is 12.8. The van der Waals surface area contributed by atoms with Crippen molar-refractivity contribution in [2.45, 2.75) is 49.8 Å². The minimum atomic E-state index is -1.28. The van der Waals surface area contributed by atoms with E-state index >= 15 is 0 Å². The molecular formula is C14H14O7. The zero-order valence-corrected chi connectivity index (χ0v) is 11.1. The Bertz CT molecular complexity index is 604. The van der Waals surface area contributed by atoms with Crippen molar-refractivity contribution in [3.8, 4) is 0 Å². The van der Waals surface area contributed by atoms with Gasteiger partial charge in [0.25, 0.3) is 5.79 Å². The predicted octanol–water partition coefficient (Wildman–Crippen LogP) is 0.237. The van der Waals surface area contributed by atoms with E-state index in [1.807, 2.05) is 0 Å². The van der Waals surface area contributed by atoms with Gasteiger partial charge in [0, 0.05) is 18.4 Å². The molecule has 21 heavy (non-hydrogen) atoms. The Balaban J connectivity index is 1.51. The fourth-order valence-corrected chi connectivity index (χ4v) is 3.06. The molecule has 4 rings (SSSR count). The van der Waals surface area contributed by atoms with Crippen molar-refractivity contribution in [2.75, 3.05) is 0 Å². The third-order valence-corrected chi connectivity index (χ3v) is 4.30. The zero-order chi connectivity index (χ0) is 14.8. The minimum absolute atomic E-state index is 0.183. The van der Waals surface area contributed by atoms with E-state index in [0.717, 1.165) is 0 Å². The van der Waals surface area contributed by atoms with Gasteiger partial charge in [-0.15, -0.1) is 0 Å². The third kappa shape index (κ3) is 2.04. The van der Waals surface area contributed by atoms with E-state index < -0.39 is 23.8 Å². The lowest BCUT2D eigenvalue weighted by Gasteiger charge is -2.18. The summed E-state index contributed by atoms with van der Waals surface area (Å²) < 4.78 is 15.8. The van der Waals surface area contributed by atoms with Crippen LogP contribution in [0.4, 0.5) is 0 Å². The van der Waals surface area contributed by atoms with Crippen molar-refractivity contribution in [3.05, 3.63) is 23.0 Å². The van der Waals surface area contributed by atoms with Crippen LogP contribution in [0.1, 0.15) is 25.7 Å². The Labute approximate surface area is 119 Å². The molecule has 7 nitrogen and oxygen atoms in total. The van der Waals surface area contributed by atoms with E-state index in [9.17, 15) is 14.7 Å². The second kappa shape index (κ2) is 4.08. The summed E-state index contributed by atoms with van der Waals surface area (Å²) in [6.45, 7) is 0. The van der Waals surface area contributed by atoms with Crippen LogP contribution in [-0.2, 0) is 23.8 Å². The van der Waals surface area contributed by atoms with Crippen LogP contribution in [0.2, 0.25) is 0 Å². The van der Waals surface area contributed by atoms with Crippen LogP contribution in [0.5, 0.6) is 0 Å². The van der Waals surface area contributed by atoms with Gasteiger partial charge in [-0.25, -0.2) is 9.59 Å². The van der Waals surface area contributed by atoms with Gasteiger partial charge in [0.1, 0.15) is 12.2 Å². The average Bonchev–Trinajstić information content (AvgIpc) is 3.30. The molecule has 4 atom stereocenters. The number of aliphatic hydroxyl groups is 1. The van der Waals surface area contributed by atoms with Crippen LogP contribution in [0.25, 0.3) is 0 Å². The summed E-state index contributed by atoms with van der Waals surface area (Å²) in [4.78, 5) is 23.2. The van der Waals surface area contributed by atoms with Crippen molar-refractivity contribution >= 4 is 11.9 Å². The third-order valence-electron chi connectivity index (χ3n) is 4.30. The fraction of sp³-hybridized carbons (Fsp3) is 0.571. The number of carboxylic acids is 1. The van der Waals surface area contributed by atoms with E-state index in [0.29, 0.717) is 37.0 Å². The van der Waals surface area contributed by atoms with E-state index in [4.69, 9.17) is 19.3 Å². The molecule has 4 aliphatic rings. The van der Waals surface area contributed by atoms with Gasteiger partial charge < -0.3 is 24.4 Å². The van der Waals surface area contributed by atoms with Crippen LogP contribution in [0.15, 0.2) is 23.0 Å². The number of ether oxygens (including phenoxy) is 3. The van der Waals surface area contributed by atoms with Crippen molar-refractivity contribution in [1.82, 2.24) is 0 Å². The molecule has 0 bridgehead atoms. The molecule has 112 valence electrons. The maximum atomic E-state index is 12.2. The number of rotatable bonds is 3. The molecule has 1 unspecified atom stereocenters. The number of carbonyl (C=O) groups excluding carboxylic acids is 1. The molecule has 0 spiro atoms. The van der Waals surface area contributed by atoms with Crippen molar-refractivity contribution in [2.24, 2.45) is 0 Å². The molecule has 0 aromatic carbocycles. The molecule has 2 aliphatic carbocycles. The van der Waals surface area contributed by atoms with Crippen LogP contribution < -0.4 is 0 Å². The second-order valence-electron chi connectivity index (χ2n) is 5.76. The standard InChI is InChI=1S/C14H14O7/c15-12(16)6-4-8-10(19-8)9(5-6)20-13(17)7-2-1-3-14(18)11(7)21-14/h5,8-10,18H,1-4H2,(H,15,16)/t8-,9-,10+,14?/m0/s1. The van der Waals surface area contributed by atoms with Gasteiger partial charge in [-0.1, -0.05) is 0 Å². The van der Waals surface area contributed by atoms with Crippen molar-refractivity contribution < 1.29 is 34.0 Å². The summed E-state index contributed by atoms with van der Waals surface area (Å²) in [7, 11) is 0. The number of hydrogen-bond donors (Lipinski definition) is 2. The lowest BCUT2D eigenvalue weighted by molar-refractivity contribution is -0.144. The maximum Gasteiger partial charge on any atom is 0.338 e. The molecule has 2 heterocycles. The molecule has 0 radical (unpaired) electrons. The number of carbonyl (C=O) groups is 2. The molecule has 2 fully saturated rings. The van der Waals surface area contributed by atoms with Crippen molar-refractivity contribution in [1.29, 1.82) is 0 Å². The molecule has 2 saturated heterocycles. The SMILES string of the molecule is O=C(O)C1=C[C@H](OC(=O)C2=C3OC3(O)CCC2)[C@@H]2O[C@H]2C1. The Kier molecular flexibility index (Phi) is 2.50. The first-order chi connectivity index (χ1) is 9.98. The summed E-state index contributed by atoms with van der Waals surface area (Å²) in [5.74, 6) is -2.57. The van der Waals surface area contributed by atoms with Crippen LogP contribution in [0, 0.1) is 0 Å². The number of fused-ring (bicyclic) bond motifs is 2. The predicted molar refractivity (Wildman–Crippen MR) is 65.8 cm³/mol. The normalized spacial score (nSPS) is 39.5. The highest BCUT2D eigenvalue weighted by atomic mass is 16.7. The summed E-state index contributed by atoms with van der Waals surface area (Å²) in [5.41, 5.74) is 0.545. The number of esters is 1. The monoisotopic (exact) mass is 294 g/mol. The molecule has 2 aliphatic heterocycles. The van der Waals surface area contributed by atoms with E-state index in [1.54, 1.807) is 0 Å². The lowest BCUT2D eigenvalue weighted by Crippen LogP contribution is -2.29. The molecule has 2 N–H and O–H groups in total. The fourth-order valence-electron chi connectivity index (χ4n) is 3.06. The van der Waals surface area contributed by atoms with E-state index in [1.165, 1.54) is 6.08 Å². The summed E-state index contributed by atoms with van der Waals surface area (Å²) >= 11 is 0. The van der Waals surface area contributed by atoms with Gasteiger partial charge >= 0.3 is 11.9 Å². The average molecular weight is 294 g/mol. The summed E-state index contributed by atoms with van der Waals surface area (Å²) in [6.07, 6.45) is 2.26. The zero-order valence-electron chi connectivity index (χ0n) is 11.1. The maximum absolute atomic E-state index is 12.2. The first-order valence-electron chi connectivity index (χ1n) is 6.93. The largest absolute Gasteiger partial charge is 0.478 e. The van der Waals surface area contributed by atoms with Crippen LogP contribution in [-0.4, -0.2) is 46.3 Å². The Hall–Kier alpha value is -1.86. The van der Waals surface area contributed by atoms with Crippen molar-refractivity contribution in [3.63, 3.8) is 0 Å². The van der Waals surface area contributed by atoms with Gasteiger partial charge in [0.15, 0.2) is 5.76 Å². The number of aliphatic carboxylic acids is 1. The molecular weight excluding hydrogens is 280 g/mol. The lowest BCUT2D eigenvalue weighted by atomic mass is 9.96. The molecule has 7 heteroatoms. The molecule has 0 amide bonds. The molecule has 0 aromatic rings. The smallest absolute Gasteiger partial charge is 0.338 e. The van der Waals surface area contributed by atoms with Gasteiger partial charge in [0.2, 0.25) is 0 Å². The van der Waals surface area contributed by atoms with E-state index in [-0.39, 0.29) is 17.8 Å². The number of hydrogen-bond acceptors (Lipinski definition) is 6. The number of epoxide rings is 2. The van der Waals surface area contributed by atoms with Gasteiger partial charge in [0.05, 0.1) is 11.7 Å². The summed E-state index contributed by atoms with van der Waals surface area (Å²) in [5, 5.41) is 18.9. The highest BCUT2D eigenvalue weighted by molar-refractivity contribution is 5.91. The highest BCUT2D eigenvalue weighted by Crippen LogP contribution is 2.49. The van der Waals surface area contributed by atoms with Crippen LogP contribution in [0.3, 0.4) is 0 Å². The van der Waals surface area contributed by atoms with Crippen LogP contribution >= 0.6 is 0 Å². The Morgan fingerprint density at radius 3 is 3.00 bits per heavy atom. The minimum Gasteiger partial charge on any atom is -0.478 e. The van der Waals surface area contributed by atoms with Gasteiger partial charge in [-0.3, -0.25) is 0 Å². The van der Waals surface area contributed by atoms with E-state index in [2.05, 4.69) is 0 Å². The number of carboxylic acid groups (broad SMARTS) is 1. The second-order valence-corrected chi connectivity index (χ2v) is 5.76. The first-order valence-corrected chi connectivity index (χ1v) is 6.93. The highest BCUT2D eigenvalue weighted by Gasteiger charge is 2.57. The van der Waals surface area contributed by atoms with Gasteiger partial charge in [-0.2, -0.15) is 0 Å². The molecule has 0 aromatic heterocycles. The quantitative estimate of drug-likeness (QED) is 0.566. The Morgan fingerprint density at radius 2 is 2.24 bits per heavy atom. The Morgan fingerprint density at radius 1 is 1.43 bits per heavy atom. The summed E-state index contributed by atoms with van der Waals surface area (Å²) in [6, 6.07) is 0. The molecule has 0 saturated carbocycles. The van der Waals surface area contributed by atoms with Gasteiger partial charge in [-0.05, 0) is 18.9 Å².